The van der Waals surface area contributed by atoms with Gasteiger partial charge in [-0.2, -0.15) is 0 Å². The van der Waals surface area contributed by atoms with Crippen LogP contribution in [-0.4, -0.2) is 13.7 Å². The molecule has 1 rings (SSSR count). The van der Waals surface area contributed by atoms with E-state index in [2.05, 4.69) is 18.1 Å². The maximum atomic E-state index is 5.44. The summed E-state index contributed by atoms with van der Waals surface area (Å²) in [5.74, 6) is 2.95. The van der Waals surface area contributed by atoms with Gasteiger partial charge in [0.15, 0.2) is 0 Å². The Kier molecular flexibility index (Phi) is 4.08. The minimum absolute atomic E-state index is 0.182. The van der Waals surface area contributed by atoms with Crippen LogP contribution in [0.5, 0.6) is 0 Å². The Morgan fingerprint density at radius 2 is 2.08 bits per heavy atom. The van der Waals surface area contributed by atoms with Crippen LogP contribution in [0.25, 0.3) is 0 Å². The van der Waals surface area contributed by atoms with E-state index in [0.717, 1.165) is 6.42 Å². The quantitative estimate of drug-likeness (QED) is 0.637. The van der Waals surface area contributed by atoms with E-state index in [1.807, 2.05) is 18.2 Å². The molecule has 0 radical (unpaired) electrons. The topological polar surface area (TPSA) is 9.23 Å². The fourth-order valence-electron chi connectivity index (χ4n) is 1.27. The molecule has 0 amide bonds. The monoisotopic (exact) mass is 174 g/mol. The Hall–Kier alpha value is -1.26. The average Bonchev–Trinajstić information content (AvgIpc) is 2.21. The van der Waals surface area contributed by atoms with Crippen LogP contribution in [0.1, 0.15) is 17.9 Å². The lowest BCUT2D eigenvalue weighted by Crippen LogP contribution is -2.00. The SMILES string of the molecule is C#CC(CCOC)c1ccccc1. The lowest BCUT2D eigenvalue weighted by Gasteiger charge is -2.09. The van der Waals surface area contributed by atoms with Crippen molar-refractivity contribution in [3.63, 3.8) is 0 Å². The summed E-state index contributed by atoms with van der Waals surface area (Å²) in [5.41, 5.74) is 1.20. The molecule has 1 heteroatoms. The molecule has 0 aliphatic heterocycles. The second-order valence-corrected chi connectivity index (χ2v) is 2.91. The first-order valence-electron chi connectivity index (χ1n) is 4.38. The molecule has 0 spiro atoms. The summed E-state index contributed by atoms with van der Waals surface area (Å²) in [5, 5.41) is 0. The molecule has 1 aromatic carbocycles. The Morgan fingerprint density at radius 1 is 1.38 bits per heavy atom. The van der Waals surface area contributed by atoms with E-state index >= 15 is 0 Å². The number of hydrogen-bond donors (Lipinski definition) is 0. The van der Waals surface area contributed by atoms with Crippen LogP contribution in [-0.2, 0) is 4.74 Å². The minimum Gasteiger partial charge on any atom is -0.385 e. The lowest BCUT2D eigenvalue weighted by molar-refractivity contribution is 0.192. The van der Waals surface area contributed by atoms with E-state index in [0.29, 0.717) is 6.61 Å². The van der Waals surface area contributed by atoms with Crippen molar-refractivity contribution >= 4 is 0 Å². The predicted molar refractivity (Wildman–Crippen MR) is 54.5 cm³/mol. The van der Waals surface area contributed by atoms with Crippen molar-refractivity contribution in [1.82, 2.24) is 0 Å². The van der Waals surface area contributed by atoms with Gasteiger partial charge in [0.2, 0.25) is 0 Å². The highest BCUT2D eigenvalue weighted by Crippen LogP contribution is 2.17. The van der Waals surface area contributed by atoms with Crippen LogP contribution in [0, 0.1) is 12.3 Å². The first kappa shape index (κ1) is 9.83. The molecule has 0 heterocycles. The molecule has 0 bridgehead atoms. The Labute approximate surface area is 79.7 Å². The molecule has 0 aromatic heterocycles. The summed E-state index contributed by atoms with van der Waals surface area (Å²) < 4.78 is 5.00. The molecule has 1 nitrogen and oxygen atoms in total. The third-order valence-electron chi connectivity index (χ3n) is 2.01. The van der Waals surface area contributed by atoms with E-state index in [1.54, 1.807) is 7.11 Å². The Bertz CT molecular complexity index is 271. The third-order valence-corrected chi connectivity index (χ3v) is 2.01. The molecular weight excluding hydrogens is 160 g/mol. The first-order chi connectivity index (χ1) is 6.38. The number of methoxy groups -OCH3 is 1. The molecule has 68 valence electrons. The van der Waals surface area contributed by atoms with E-state index < -0.39 is 0 Å². The van der Waals surface area contributed by atoms with Crippen LogP contribution in [0.2, 0.25) is 0 Å². The van der Waals surface area contributed by atoms with Crippen molar-refractivity contribution < 1.29 is 4.74 Å². The van der Waals surface area contributed by atoms with Gasteiger partial charge < -0.3 is 4.74 Å². The summed E-state index contributed by atoms with van der Waals surface area (Å²) in [6.45, 7) is 0.712. The predicted octanol–water partition coefficient (Wildman–Crippen LogP) is 2.44. The molecule has 1 unspecified atom stereocenters. The van der Waals surface area contributed by atoms with Gasteiger partial charge in [-0.3, -0.25) is 0 Å². The molecule has 0 saturated carbocycles. The summed E-state index contributed by atoms with van der Waals surface area (Å²) in [6, 6.07) is 10.1. The zero-order chi connectivity index (χ0) is 9.52. The maximum absolute atomic E-state index is 5.44. The van der Waals surface area contributed by atoms with Gasteiger partial charge in [-0.05, 0) is 12.0 Å². The van der Waals surface area contributed by atoms with Gasteiger partial charge in [-0.15, -0.1) is 6.42 Å². The largest absolute Gasteiger partial charge is 0.385 e. The minimum atomic E-state index is 0.182. The van der Waals surface area contributed by atoms with Gasteiger partial charge in [-0.1, -0.05) is 36.3 Å². The standard InChI is InChI=1S/C12H14O/c1-3-11(9-10-13-2)12-7-5-4-6-8-12/h1,4-8,11H,9-10H2,2H3. The molecular formula is C12H14O. The van der Waals surface area contributed by atoms with Crippen molar-refractivity contribution in [2.24, 2.45) is 0 Å². The molecule has 0 saturated heterocycles. The fourth-order valence-corrected chi connectivity index (χ4v) is 1.27. The molecule has 1 aromatic rings. The first-order valence-corrected chi connectivity index (χ1v) is 4.38. The Morgan fingerprint density at radius 3 is 2.62 bits per heavy atom. The molecule has 0 aliphatic rings. The Balaban J connectivity index is 2.63. The van der Waals surface area contributed by atoms with Crippen LogP contribution < -0.4 is 0 Å². The van der Waals surface area contributed by atoms with Gasteiger partial charge in [0, 0.05) is 19.6 Å². The van der Waals surface area contributed by atoms with Gasteiger partial charge >= 0.3 is 0 Å². The van der Waals surface area contributed by atoms with Crippen LogP contribution in [0.3, 0.4) is 0 Å². The van der Waals surface area contributed by atoms with Gasteiger partial charge in [0.1, 0.15) is 0 Å². The highest BCUT2D eigenvalue weighted by molar-refractivity contribution is 5.26. The normalized spacial score (nSPS) is 12.0. The van der Waals surface area contributed by atoms with Crippen LogP contribution in [0.4, 0.5) is 0 Å². The van der Waals surface area contributed by atoms with Crippen LogP contribution >= 0.6 is 0 Å². The molecule has 1 atom stereocenters. The van der Waals surface area contributed by atoms with Crippen molar-refractivity contribution in [2.45, 2.75) is 12.3 Å². The van der Waals surface area contributed by atoms with Crippen molar-refractivity contribution in [3.8, 4) is 12.3 Å². The summed E-state index contributed by atoms with van der Waals surface area (Å²) in [7, 11) is 1.69. The van der Waals surface area contributed by atoms with E-state index in [-0.39, 0.29) is 5.92 Å². The van der Waals surface area contributed by atoms with E-state index in [9.17, 15) is 0 Å². The average molecular weight is 174 g/mol. The number of ether oxygens (including phenoxy) is 1. The molecule has 13 heavy (non-hydrogen) atoms. The van der Waals surface area contributed by atoms with Gasteiger partial charge in [0.05, 0.1) is 0 Å². The zero-order valence-electron chi connectivity index (χ0n) is 7.86. The number of rotatable bonds is 4. The third kappa shape index (κ3) is 2.93. The van der Waals surface area contributed by atoms with E-state index in [1.165, 1.54) is 5.56 Å². The summed E-state index contributed by atoms with van der Waals surface area (Å²) in [4.78, 5) is 0. The van der Waals surface area contributed by atoms with Gasteiger partial charge in [0.25, 0.3) is 0 Å². The van der Waals surface area contributed by atoms with Crippen molar-refractivity contribution in [2.75, 3.05) is 13.7 Å². The molecule has 0 N–H and O–H groups in total. The summed E-state index contributed by atoms with van der Waals surface area (Å²) >= 11 is 0. The van der Waals surface area contributed by atoms with Crippen LogP contribution in [0.15, 0.2) is 30.3 Å². The number of hydrogen-bond acceptors (Lipinski definition) is 1. The lowest BCUT2D eigenvalue weighted by atomic mass is 9.97. The van der Waals surface area contributed by atoms with Crippen molar-refractivity contribution in [3.05, 3.63) is 35.9 Å². The summed E-state index contributed by atoms with van der Waals surface area (Å²) in [6.07, 6.45) is 6.33. The smallest absolute Gasteiger partial charge is 0.0477 e. The van der Waals surface area contributed by atoms with Crippen molar-refractivity contribution in [1.29, 1.82) is 0 Å². The molecule has 0 aliphatic carbocycles. The van der Waals surface area contributed by atoms with E-state index in [4.69, 9.17) is 11.2 Å². The fraction of sp³-hybridized carbons (Fsp3) is 0.333. The molecule has 0 fully saturated rings. The number of benzene rings is 1. The second kappa shape index (κ2) is 5.40. The highest BCUT2D eigenvalue weighted by Gasteiger charge is 2.06. The zero-order valence-corrected chi connectivity index (χ0v) is 7.86. The highest BCUT2D eigenvalue weighted by atomic mass is 16.5. The number of terminal acetylenes is 1. The van der Waals surface area contributed by atoms with Gasteiger partial charge in [-0.25, -0.2) is 0 Å². The maximum Gasteiger partial charge on any atom is 0.0477 e. The second-order valence-electron chi connectivity index (χ2n) is 2.91.